The molecule has 2 aromatic carbocycles. The molecule has 1 aliphatic heterocycles. The van der Waals surface area contributed by atoms with Crippen LogP contribution in [0.3, 0.4) is 0 Å². The largest absolute Gasteiger partial charge is 0.487 e. The van der Waals surface area contributed by atoms with Crippen LogP contribution in [0.15, 0.2) is 48.5 Å². The lowest BCUT2D eigenvalue weighted by atomic mass is 9.73. The summed E-state index contributed by atoms with van der Waals surface area (Å²) in [6, 6.07) is 15.2. The second-order valence-electron chi connectivity index (χ2n) is 8.85. The van der Waals surface area contributed by atoms with E-state index >= 15 is 0 Å². The summed E-state index contributed by atoms with van der Waals surface area (Å²) >= 11 is 6.26. The number of carbonyl (C=O) groups is 1. The molecule has 1 amide bonds. The molecule has 1 spiro atoms. The Hall–Kier alpha value is -2.12. The number of ether oxygens (including phenoxy) is 2. The Kier molecular flexibility index (Phi) is 7.36. The minimum Gasteiger partial charge on any atom is -0.487 e. The van der Waals surface area contributed by atoms with Crippen LogP contribution in [0.4, 0.5) is 0 Å². The summed E-state index contributed by atoms with van der Waals surface area (Å²) in [5.74, 6) is 0.616. The van der Waals surface area contributed by atoms with Gasteiger partial charge in [-0.15, -0.1) is 0 Å². The summed E-state index contributed by atoms with van der Waals surface area (Å²) in [5.41, 5.74) is 1.94. The number of benzene rings is 2. The van der Waals surface area contributed by atoms with E-state index in [0.717, 1.165) is 36.1 Å². The molecule has 32 heavy (non-hydrogen) atoms. The van der Waals surface area contributed by atoms with Gasteiger partial charge in [0.1, 0.15) is 18.0 Å². The number of amides is 1. The van der Waals surface area contributed by atoms with Gasteiger partial charge in [0.25, 0.3) is 0 Å². The van der Waals surface area contributed by atoms with Gasteiger partial charge in [0.2, 0.25) is 5.91 Å². The van der Waals surface area contributed by atoms with E-state index in [-0.39, 0.29) is 24.2 Å². The summed E-state index contributed by atoms with van der Waals surface area (Å²) in [7, 11) is 1.48. The maximum Gasteiger partial charge on any atom is 0.246 e. The Morgan fingerprint density at radius 2 is 2.06 bits per heavy atom. The smallest absolute Gasteiger partial charge is 0.246 e. The Bertz CT molecular complexity index is 919. The van der Waals surface area contributed by atoms with E-state index in [4.69, 9.17) is 21.1 Å². The lowest BCUT2D eigenvalue weighted by molar-refractivity contribution is -0.126. The van der Waals surface area contributed by atoms with Crippen LogP contribution in [0, 0.1) is 0 Å². The van der Waals surface area contributed by atoms with Crippen LogP contribution in [0.2, 0.25) is 5.02 Å². The van der Waals surface area contributed by atoms with Gasteiger partial charge in [0.05, 0.1) is 12.1 Å². The van der Waals surface area contributed by atoms with Gasteiger partial charge in [-0.2, -0.15) is 0 Å². The van der Waals surface area contributed by atoms with Crippen molar-refractivity contribution in [1.29, 1.82) is 0 Å². The number of hydrogen-bond acceptors (Lipinski definition) is 5. The fraction of sp³-hybridized carbons (Fsp3) is 0.480. The first kappa shape index (κ1) is 23.1. The summed E-state index contributed by atoms with van der Waals surface area (Å²) in [4.78, 5) is 12.2. The summed E-state index contributed by atoms with van der Waals surface area (Å²) in [6.07, 6.45) is 3.84. The van der Waals surface area contributed by atoms with E-state index in [0.29, 0.717) is 18.0 Å². The molecule has 0 unspecified atom stereocenters. The van der Waals surface area contributed by atoms with Crippen LogP contribution in [-0.2, 0) is 16.0 Å². The maximum absolute atomic E-state index is 12.2. The molecule has 1 aliphatic carbocycles. The van der Waals surface area contributed by atoms with Crippen molar-refractivity contribution in [2.45, 2.75) is 55.9 Å². The molecule has 3 atom stereocenters. The second-order valence-corrected chi connectivity index (χ2v) is 9.29. The zero-order chi connectivity index (χ0) is 22.6. The molecule has 4 rings (SSSR count). The number of carbonyl (C=O) groups excluding carboxylic acids is 1. The van der Waals surface area contributed by atoms with Crippen molar-refractivity contribution in [2.75, 3.05) is 20.3 Å². The van der Waals surface area contributed by atoms with E-state index in [1.54, 1.807) is 0 Å². The highest BCUT2D eigenvalue weighted by Gasteiger charge is 2.45. The molecule has 0 aromatic heterocycles. The molecule has 2 aromatic rings. The number of hydrogen-bond donors (Lipinski definition) is 3. The third kappa shape index (κ3) is 5.44. The van der Waals surface area contributed by atoms with Gasteiger partial charge < -0.3 is 25.2 Å². The first-order valence-electron chi connectivity index (χ1n) is 11.2. The van der Waals surface area contributed by atoms with Crippen molar-refractivity contribution in [3.8, 4) is 5.75 Å². The molecule has 172 valence electrons. The van der Waals surface area contributed by atoms with Crippen molar-refractivity contribution >= 4 is 17.5 Å². The standard InChI is InChI=1S/C25H31ClN2O4/c1-31-16-24(30)28-20(12-17-6-3-2-4-7-17)22(29)15-27-21-14-25(10-5-11-25)32-23-9-8-18(26)13-19(21)23/h2-4,6-9,13,20-22,27,29H,5,10-12,14-16H2,1H3,(H,28,30)/t20-,21-,22+/m0/s1. The summed E-state index contributed by atoms with van der Waals surface area (Å²) in [6.45, 7) is 0.289. The number of rotatable bonds is 9. The number of methoxy groups -OCH3 is 1. The molecular formula is C25H31ClN2O4. The third-order valence-corrected chi connectivity index (χ3v) is 6.71. The number of halogens is 1. The predicted molar refractivity (Wildman–Crippen MR) is 124 cm³/mol. The van der Waals surface area contributed by atoms with Crippen molar-refractivity contribution in [3.05, 3.63) is 64.7 Å². The molecule has 1 heterocycles. The molecule has 0 bridgehead atoms. The first-order chi connectivity index (χ1) is 15.5. The molecule has 1 fully saturated rings. The van der Waals surface area contributed by atoms with Gasteiger partial charge in [-0.1, -0.05) is 41.9 Å². The van der Waals surface area contributed by atoms with Gasteiger partial charge in [0.15, 0.2) is 0 Å². The Morgan fingerprint density at radius 1 is 1.28 bits per heavy atom. The zero-order valence-electron chi connectivity index (χ0n) is 18.4. The minimum atomic E-state index is -0.779. The average Bonchev–Trinajstić information content (AvgIpc) is 2.76. The van der Waals surface area contributed by atoms with Crippen molar-refractivity contribution in [2.24, 2.45) is 0 Å². The molecule has 6 nitrogen and oxygen atoms in total. The fourth-order valence-corrected chi connectivity index (χ4v) is 4.82. The number of aliphatic hydroxyl groups excluding tert-OH is 1. The summed E-state index contributed by atoms with van der Waals surface area (Å²) < 4.78 is 11.3. The van der Waals surface area contributed by atoms with Crippen molar-refractivity contribution in [1.82, 2.24) is 10.6 Å². The van der Waals surface area contributed by atoms with Crippen LogP contribution in [-0.4, -0.2) is 49.0 Å². The highest BCUT2D eigenvalue weighted by Crippen LogP contribution is 2.49. The fourth-order valence-electron chi connectivity index (χ4n) is 4.64. The quantitative estimate of drug-likeness (QED) is 0.536. The van der Waals surface area contributed by atoms with Crippen LogP contribution in [0.5, 0.6) is 5.75 Å². The predicted octanol–water partition coefficient (Wildman–Crippen LogP) is 3.41. The van der Waals surface area contributed by atoms with Gasteiger partial charge in [0, 0.05) is 36.7 Å². The van der Waals surface area contributed by atoms with Crippen LogP contribution in [0.25, 0.3) is 0 Å². The van der Waals surface area contributed by atoms with Crippen LogP contribution < -0.4 is 15.4 Å². The molecule has 7 heteroatoms. The van der Waals surface area contributed by atoms with Gasteiger partial charge in [-0.25, -0.2) is 0 Å². The normalized spacial score (nSPS) is 20.5. The molecule has 1 saturated carbocycles. The van der Waals surface area contributed by atoms with Crippen LogP contribution >= 0.6 is 11.6 Å². The minimum absolute atomic E-state index is 0.0273. The lowest BCUT2D eigenvalue weighted by Crippen LogP contribution is -2.52. The summed E-state index contributed by atoms with van der Waals surface area (Å²) in [5, 5.41) is 18.2. The highest BCUT2D eigenvalue weighted by atomic mass is 35.5. The van der Waals surface area contributed by atoms with Gasteiger partial charge in [-0.05, 0) is 49.4 Å². The van der Waals surface area contributed by atoms with E-state index in [1.165, 1.54) is 13.5 Å². The average molecular weight is 459 g/mol. The lowest BCUT2D eigenvalue weighted by Gasteiger charge is -2.48. The molecule has 0 saturated heterocycles. The van der Waals surface area contributed by atoms with E-state index in [9.17, 15) is 9.90 Å². The SMILES string of the molecule is COCC(=O)N[C@@H](Cc1ccccc1)[C@H](O)CN[C@H]1CC2(CCC2)Oc2ccc(Cl)cc21. The van der Waals surface area contributed by atoms with Crippen molar-refractivity contribution < 1.29 is 19.4 Å². The highest BCUT2D eigenvalue weighted by molar-refractivity contribution is 6.30. The van der Waals surface area contributed by atoms with Crippen molar-refractivity contribution in [3.63, 3.8) is 0 Å². The van der Waals surface area contributed by atoms with E-state index < -0.39 is 12.1 Å². The Morgan fingerprint density at radius 3 is 2.75 bits per heavy atom. The number of fused-ring (bicyclic) bond motifs is 1. The topological polar surface area (TPSA) is 79.8 Å². The van der Waals surface area contributed by atoms with E-state index in [1.807, 2.05) is 48.5 Å². The second kappa shape index (κ2) is 10.2. The monoisotopic (exact) mass is 458 g/mol. The Balaban J connectivity index is 1.46. The molecular weight excluding hydrogens is 428 g/mol. The van der Waals surface area contributed by atoms with Gasteiger partial charge in [-0.3, -0.25) is 4.79 Å². The maximum atomic E-state index is 12.2. The van der Waals surface area contributed by atoms with Crippen LogP contribution in [0.1, 0.15) is 42.9 Å². The first-order valence-corrected chi connectivity index (χ1v) is 11.6. The molecule has 2 aliphatic rings. The molecule has 0 radical (unpaired) electrons. The Labute approximate surface area is 194 Å². The zero-order valence-corrected chi connectivity index (χ0v) is 19.1. The van der Waals surface area contributed by atoms with Gasteiger partial charge >= 0.3 is 0 Å². The number of aliphatic hydroxyl groups is 1. The number of nitrogens with one attached hydrogen (secondary N) is 2. The van der Waals surface area contributed by atoms with E-state index in [2.05, 4.69) is 10.6 Å². The molecule has 3 N–H and O–H groups in total. The third-order valence-electron chi connectivity index (χ3n) is 6.47.